The normalized spacial score (nSPS) is 12.4. The van der Waals surface area contributed by atoms with Gasteiger partial charge in [0.1, 0.15) is 5.75 Å². The first-order chi connectivity index (χ1) is 9.22. The summed E-state index contributed by atoms with van der Waals surface area (Å²) in [5.41, 5.74) is 7.13. The molecule has 0 aliphatic carbocycles. The molecule has 0 saturated carbocycles. The summed E-state index contributed by atoms with van der Waals surface area (Å²) in [7, 11) is 1.71. The first-order valence-corrected chi connectivity index (χ1v) is 7.28. The van der Waals surface area contributed by atoms with Gasteiger partial charge < -0.3 is 10.5 Å². The SMILES string of the molecule is COc1ccccc1CC(CN)Cc1cnc(C)s1. The molecule has 0 amide bonds. The van der Waals surface area contributed by atoms with Crippen LogP contribution in [0.2, 0.25) is 0 Å². The van der Waals surface area contributed by atoms with Gasteiger partial charge in [-0.1, -0.05) is 18.2 Å². The van der Waals surface area contributed by atoms with Gasteiger partial charge in [-0.3, -0.25) is 0 Å². The first-order valence-electron chi connectivity index (χ1n) is 6.46. The highest BCUT2D eigenvalue weighted by molar-refractivity contribution is 7.11. The second-order valence-electron chi connectivity index (χ2n) is 4.67. The van der Waals surface area contributed by atoms with Crippen LogP contribution in [0, 0.1) is 12.8 Å². The number of hydrogen-bond donors (Lipinski definition) is 1. The number of ether oxygens (including phenoxy) is 1. The van der Waals surface area contributed by atoms with Crippen molar-refractivity contribution in [1.29, 1.82) is 0 Å². The van der Waals surface area contributed by atoms with Crippen LogP contribution in [-0.2, 0) is 12.8 Å². The predicted molar refractivity (Wildman–Crippen MR) is 79.8 cm³/mol. The van der Waals surface area contributed by atoms with E-state index in [9.17, 15) is 0 Å². The molecule has 1 unspecified atom stereocenters. The van der Waals surface area contributed by atoms with Crippen molar-refractivity contribution < 1.29 is 4.74 Å². The van der Waals surface area contributed by atoms with Crippen molar-refractivity contribution >= 4 is 11.3 Å². The molecule has 0 aliphatic heterocycles. The van der Waals surface area contributed by atoms with Crippen molar-refractivity contribution in [3.63, 3.8) is 0 Å². The summed E-state index contributed by atoms with van der Waals surface area (Å²) in [5, 5.41) is 1.11. The van der Waals surface area contributed by atoms with Gasteiger partial charge in [0.15, 0.2) is 0 Å². The van der Waals surface area contributed by atoms with E-state index in [4.69, 9.17) is 10.5 Å². The van der Waals surface area contributed by atoms with Crippen LogP contribution in [-0.4, -0.2) is 18.6 Å². The Bertz CT molecular complexity index is 524. The van der Waals surface area contributed by atoms with E-state index in [1.807, 2.05) is 31.3 Å². The number of benzene rings is 1. The van der Waals surface area contributed by atoms with E-state index < -0.39 is 0 Å². The zero-order chi connectivity index (χ0) is 13.7. The molecule has 1 heterocycles. The minimum absolute atomic E-state index is 0.427. The molecule has 19 heavy (non-hydrogen) atoms. The van der Waals surface area contributed by atoms with E-state index in [1.54, 1.807) is 18.4 Å². The predicted octanol–water partition coefficient (Wildman–Crippen LogP) is 2.82. The van der Waals surface area contributed by atoms with E-state index in [2.05, 4.69) is 11.1 Å². The second kappa shape index (κ2) is 6.68. The third-order valence-corrected chi connectivity index (χ3v) is 4.13. The van der Waals surface area contributed by atoms with Gasteiger partial charge in [-0.2, -0.15) is 0 Å². The zero-order valence-corrected chi connectivity index (χ0v) is 12.2. The standard InChI is InChI=1S/C15H20N2OS/c1-11-17-10-14(19-11)8-12(9-16)7-13-5-3-4-6-15(13)18-2/h3-6,10,12H,7-9,16H2,1-2H3. The smallest absolute Gasteiger partial charge is 0.122 e. The van der Waals surface area contributed by atoms with Crippen LogP contribution in [0.3, 0.4) is 0 Å². The number of methoxy groups -OCH3 is 1. The van der Waals surface area contributed by atoms with Crippen molar-refractivity contribution in [2.45, 2.75) is 19.8 Å². The summed E-state index contributed by atoms with van der Waals surface area (Å²) in [6.07, 6.45) is 3.89. The molecular weight excluding hydrogens is 256 g/mol. The Morgan fingerprint density at radius 1 is 1.32 bits per heavy atom. The molecule has 0 aliphatic rings. The minimum atomic E-state index is 0.427. The highest BCUT2D eigenvalue weighted by atomic mass is 32.1. The number of para-hydroxylation sites is 1. The van der Waals surface area contributed by atoms with E-state index in [0.29, 0.717) is 12.5 Å². The van der Waals surface area contributed by atoms with Crippen LogP contribution in [0.25, 0.3) is 0 Å². The number of aromatic nitrogens is 1. The molecule has 2 aromatic rings. The molecule has 3 nitrogen and oxygen atoms in total. The van der Waals surface area contributed by atoms with Gasteiger partial charge in [0.2, 0.25) is 0 Å². The van der Waals surface area contributed by atoms with Crippen molar-refractivity contribution in [2.24, 2.45) is 11.7 Å². The first kappa shape index (κ1) is 14.0. The maximum Gasteiger partial charge on any atom is 0.122 e. The Kier molecular flexibility index (Phi) is 4.93. The molecule has 0 fully saturated rings. The van der Waals surface area contributed by atoms with Gasteiger partial charge in [0.05, 0.1) is 12.1 Å². The second-order valence-corrected chi connectivity index (χ2v) is 5.99. The summed E-state index contributed by atoms with van der Waals surface area (Å²) in [4.78, 5) is 5.61. The maximum absolute atomic E-state index is 5.91. The number of hydrogen-bond acceptors (Lipinski definition) is 4. The van der Waals surface area contributed by atoms with Crippen molar-refractivity contribution in [1.82, 2.24) is 4.98 Å². The lowest BCUT2D eigenvalue weighted by Gasteiger charge is -2.15. The molecule has 102 valence electrons. The highest BCUT2D eigenvalue weighted by Gasteiger charge is 2.13. The lowest BCUT2D eigenvalue weighted by Crippen LogP contribution is -2.19. The van der Waals surface area contributed by atoms with Gasteiger partial charge in [-0.15, -0.1) is 11.3 Å². The highest BCUT2D eigenvalue weighted by Crippen LogP contribution is 2.24. The fourth-order valence-corrected chi connectivity index (χ4v) is 3.11. The number of thiazole rings is 1. The van der Waals surface area contributed by atoms with Crippen LogP contribution in [0.15, 0.2) is 30.5 Å². The Morgan fingerprint density at radius 2 is 2.11 bits per heavy atom. The molecule has 0 spiro atoms. The maximum atomic E-state index is 5.91. The molecular formula is C15H20N2OS. The molecule has 4 heteroatoms. The number of nitrogens with zero attached hydrogens (tertiary/aromatic N) is 1. The van der Waals surface area contributed by atoms with Crippen molar-refractivity contribution in [2.75, 3.05) is 13.7 Å². The summed E-state index contributed by atoms with van der Waals surface area (Å²) >= 11 is 1.75. The average molecular weight is 276 g/mol. The van der Waals surface area contributed by atoms with E-state index in [0.717, 1.165) is 23.6 Å². The molecule has 0 bridgehead atoms. The van der Waals surface area contributed by atoms with Crippen molar-refractivity contribution in [3.8, 4) is 5.75 Å². The average Bonchev–Trinajstić information content (AvgIpc) is 2.84. The number of aryl methyl sites for hydroxylation is 1. The van der Waals surface area contributed by atoms with Crippen LogP contribution in [0.1, 0.15) is 15.4 Å². The van der Waals surface area contributed by atoms with Crippen LogP contribution < -0.4 is 10.5 Å². The molecule has 2 N–H and O–H groups in total. The van der Waals surface area contributed by atoms with Gasteiger partial charge in [0, 0.05) is 11.1 Å². The fraction of sp³-hybridized carbons (Fsp3) is 0.400. The molecule has 1 aromatic carbocycles. The van der Waals surface area contributed by atoms with E-state index in [-0.39, 0.29) is 0 Å². The Morgan fingerprint density at radius 3 is 2.74 bits per heavy atom. The number of rotatable bonds is 6. The van der Waals surface area contributed by atoms with Crippen LogP contribution in [0.5, 0.6) is 5.75 Å². The lowest BCUT2D eigenvalue weighted by molar-refractivity contribution is 0.404. The molecule has 1 atom stereocenters. The topological polar surface area (TPSA) is 48.1 Å². The van der Waals surface area contributed by atoms with Crippen molar-refractivity contribution in [3.05, 3.63) is 45.9 Å². The third-order valence-electron chi connectivity index (χ3n) is 3.19. The third kappa shape index (κ3) is 3.78. The monoisotopic (exact) mass is 276 g/mol. The summed E-state index contributed by atoms with van der Waals surface area (Å²) in [6, 6.07) is 8.15. The Labute approximate surface area is 118 Å². The summed E-state index contributed by atoms with van der Waals surface area (Å²) in [5.74, 6) is 1.37. The summed E-state index contributed by atoms with van der Waals surface area (Å²) < 4.78 is 5.39. The van der Waals surface area contributed by atoms with E-state index in [1.165, 1.54) is 10.4 Å². The largest absolute Gasteiger partial charge is 0.496 e. The van der Waals surface area contributed by atoms with Crippen LogP contribution >= 0.6 is 11.3 Å². The minimum Gasteiger partial charge on any atom is -0.496 e. The summed E-state index contributed by atoms with van der Waals surface area (Å²) in [6.45, 7) is 2.71. The van der Waals surface area contributed by atoms with Gasteiger partial charge >= 0.3 is 0 Å². The quantitative estimate of drug-likeness (QED) is 0.882. The zero-order valence-electron chi connectivity index (χ0n) is 11.4. The van der Waals surface area contributed by atoms with Gasteiger partial charge in [-0.25, -0.2) is 4.98 Å². The lowest BCUT2D eigenvalue weighted by atomic mass is 9.95. The fourth-order valence-electron chi connectivity index (χ4n) is 2.21. The molecule has 2 rings (SSSR count). The Hall–Kier alpha value is -1.39. The Balaban J connectivity index is 2.06. The molecule has 0 saturated heterocycles. The number of nitrogens with two attached hydrogens (primary N) is 1. The van der Waals surface area contributed by atoms with Gasteiger partial charge in [-0.05, 0) is 43.9 Å². The molecule has 0 radical (unpaired) electrons. The van der Waals surface area contributed by atoms with E-state index >= 15 is 0 Å². The van der Waals surface area contributed by atoms with Crippen LogP contribution in [0.4, 0.5) is 0 Å². The van der Waals surface area contributed by atoms with Gasteiger partial charge in [0.25, 0.3) is 0 Å². The molecule has 1 aromatic heterocycles.